The average Bonchev–Trinajstić information content (AvgIpc) is 3.30. The Morgan fingerprint density at radius 3 is 2.72 bits per heavy atom. The van der Waals surface area contributed by atoms with Crippen molar-refractivity contribution in [3.63, 3.8) is 0 Å². The van der Waals surface area contributed by atoms with Gasteiger partial charge in [-0.25, -0.2) is 9.47 Å². The molecule has 0 aliphatic heterocycles. The molecule has 0 radical (unpaired) electrons. The molecule has 4 rings (SSSR count). The molecule has 148 valence electrons. The predicted molar refractivity (Wildman–Crippen MR) is 108 cm³/mol. The second-order valence-corrected chi connectivity index (χ2v) is 6.43. The van der Waals surface area contributed by atoms with E-state index in [-0.39, 0.29) is 5.91 Å². The van der Waals surface area contributed by atoms with Gasteiger partial charge in [-0.1, -0.05) is 30.3 Å². The summed E-state index contributed by atoms with van der Waals surface area (Å²) in [6.07, 6.45) is 1.46. The van der Waals surface area contributed by atoms with Crippen LogP contribution in [0.4, 0.5) is 0 Å². The monoisotopic (exact) mass is 393 g/mol. The summed E-state index contributed by atoms with van der Waals surface area (Å²) in [6.45, 7) is 1.71. The van der Waals surface area contributed by atoms with Crippen LogP contribution in [0.5, 0.6) is 11.5 Å². The molecule has 0 unspecified atom stereocenters. The first-order valence-electron chi connectivity index (χ1n) is 8.91. The van der Waals surface area contributed by atoms with Gasteiger partial charge in [0, 0.05) is 19.1 Å². The molecule has 2 N–H and O–H groups in total. The maximum absolute atomic E-state index is 12.0. The van der Waals surface area contributed by atoms with E-state index in [4.69, 9.17) is 13.9 Å². The Balaban J connectivity index is 1.71. The molecule has 0 fully saturated rings. The molecular weight excluding hydrogens is 374 g/mol. The number of rotatable bonds is 6. The van der Waals surface area contributed by atoms with Gasteiger partial charge in [0.25, 0.3) is 0 Å². The zero-order valence-electron chi connectivity index (χ0n) is 15.9. The molecule has 0 bridgehead atoms. The van der Waals surface area contributed by atoms with Crippen molar-refractivity contribution >= 4 is 16.9 Å². The normalized spacial score (nSPS) is 10.8. The number of hydrogen-bond donors (Lipinski definition) is 2. The molecule has 0 spiro atoms. The number of benzene rings is 2. The number of carbonyl (C=O) groups is 1. The standard InChI is InChI=1S/C21H19N3O5/c1-13(25)23-24-11-17(22-21(24)26)20-10-16-18(8-15(27-2)9-19(16)29-20)28-12-14-6-4-3-5-7-14/h3-11H,12H2,1-2H3,(H,22,26)(H,23,25). The van der Waals surface area contributed by atoms with E-state index in [1.807, 2.05) is 30.3 Å². The number of ether oxygens (including phenoxy) is 2. The Kier molecular flexibility index (Phi) is 4.82. The first-order chi connectivity index (χ1) is 14.0. The largest absolute Gasteiger partial charge is 0.496 e. The number of nitrogens with zero attached hydrogens (tertiary/aromatic N) is 1. The number of nitrogens with one attached hydrogen (secondary N) is 2. The maximum atomic E-state index is 12.0. The van der Waals surface area contributed by atoms with Crippen LogP contribution in [0.3, 0.4) is 0 Å². The third-order valence-corrected chi connectivity index (χ3v) is 4.31. The molecule has 0 aliphatic carbocycles. The van der Waals surface area contributed by atoms with E-state index in [2.05, 4.69) is 10.4 Å². The zero-order valence-corrected chi connectivity index (χ0v) is 15.9. The number of carbonyl (C=O) groups excluding carboxylic acids is 1. The van der Waals surface area contributed by atoms with Crippen LogP contribution in [0.2, 0.25) is 0 Å². The van der Waals surface area contributed by atoms with Crippen LogP contribution >= 0.6 is 0 Å². The molecule has 0 saturated heterocycles. The van der Waals surface area contributed by atoms with Gasteiger partial charge in [0.2, 0.25) is 5.91 Å². The van der Waals surface area contributed by atoms with E-state index < -0.39 is 5.69 Å². The molecule has 0 atom stereocenters. The number of aromatic nitrogens is 2. The van der Waals surface area contributed by atoms with Crippen molar-refractivity contribution in [1.82, 2.24) is 9.66 Å². The lowest BCUT2D eigenvalue weighted by atomic mass is 10.2. The topological polar surface area (TPSA) is 98.5 Å². The van der Waals surface area contributed by atoms with Gasteiger partial charge in [-0.05, 0) is 11.6 Å². The van der Waals surface area contributed by atoms with Crippen LogP contribution in [-0.2, 0) is 11.4 Å². The summed E-state index contributed by atoms with van der Waals surface area (Å²) < 4.78 is 18.3. The van der Waals surface area contributed by atoms with Gasteiger partial charge in [-0.2, -0.15) is 0 Å². The number of methoxy groups -OCH3 is 1. The van der Waals surface area contributed by atoms with Crippen molar-refractivity contribution in [2.75, 3.05) is 12.5 Å². The SMILES string of the molecule is COc1cc(OCc2ccccc2)c2cc(-c3cn(NC(C)=O)c(=O)[nH]3)oc2c1. The molecule has 2 aromatic carbocycles. The van der Waals surface area contributed by atoms with Crippen LogP contribution in [0, 0.1) is 0 Å². The Labute approximate surface area is 165 Å². The number of aromatic amines is 1. The van der Waals surface area contributed by atoms with Crippen LogP contribution < -0.4 is 20.6 Å². The maximum Gasteiger partial charge on any atom is 0.345 e. The summed E-state index contributed by atoms with van der Waals surface area (Å²) in [4.78, 5) is 25.9. The fraction of sp³-hybridized carbons (Fsp3) is 0.143. The molecule has 2 heterocycles. The van der Waals surface area contributed by atoms with Crippen molar-refractivity contribution in [3.8, 4) is 23.0 Å². The van der Waals surface area contributed by atoms with Gasteiger partial charge in [-0.3, -0.25) is 10.2 Å². The third kappa shape index (κ3) is 3.86. The van der Waals surface area contributed by atoms with E-state index in [1.54, 1.807) is 25.3 Å². The lowest BCUT2D eigenvalue weighted by Gasteiger charge is -2.09. The predicted octanol–water partition coefficient (Wildman–Crippen LogP) is 3.27. The Morgan fingerprint density at radius 1 is 1.21 bits per heavy atom. The number of hydrogen-bond acceptors (Lipinski definition) is 5. The highest BCUT2D eigenvalue weighted by molar-refractivity contribution is 5.89. The third-order valence-electron chi connectivity index (χ3n) is 4.31. The zero-order chi connectivity index (χ0) is 20.4. The Morgan fingerprint density at radius 2 is 2.00 bits per heavy atom. The van der Waals surface area contributed by atoms with Crippen molar-refractivity contribution in [3.05, 3.63) is 70.8 Å². The minimum atomic E-state index is -0.478. The van der Waals surface area contributed by atoms with Gasteiger partial charge >= 0.3 is 5.69 Å². The minimum Gasteiger partial charge on any atom is -0.496 e. The summed E-state index contributed by atoms with van der Waals surface area (Å²) >= 11 is 0. The molecule has 1 amide bonds. The summed E-state index contributed by atoms with van der Waals surface area (Å²) in [5.74, 6) is 1.26. The summed E-state index contributed by atoms with van der Waals surface area (Å²) in [7, 11) is 1.57. The van der Waals surface area contributed by atoms with Crippen molar-refractivity contribution in [1.29, 1.82) is 0 Å². The van der Waals surface area contributed by atoms with Crippen molar-refractivity contribution < 1.29 is 18.7 Å². The molecule has 0 aliphatic rings. The average molecular weight is 393 g/mol. The molecular formula is C21H19N3O5. The van der Waals surface area contributed by atoms with Gasteiger partial charge in [0.05, 0.1) is 18.7 Å². The number of amides is 1. The smallest absolute Gasteiger partial charge is 0.345 e. The number of imidazole rings is 1. The van der Waals surface area contributed by atoms with Crippen LogP contribution in [-0.4, -0.2) is 22.7 Å². The highest BCUT2D eigenvalue weighted by Gasteiger charge is 2.16. The fourth-order valence-electron chi connectivity index (χ4n) is 2.96. The highest BCUT2D eigenvalue weighted by Crippen LogP contribution is 2.36. The summed E-state index contributed by atoms with van der Waals surface area (Å²) in [5.41, 5.74) is 3.94. The van der Waals surface area contributed by atoms with E-state index in [9.17, 15) is 9.59 Å². The molecule has 8 nitrogen and oxygen atoms in total. The Bertz CT molecular complexity index is 1220. The minimum absolute atomic E-state index is 0.358. The van der Waals surface area contributed by atoms with Crippen LogP contribution in [0.15, 0.2) is 63.9 Å². The number of furan rings is 1. The van der Waals surface area contributed by atoms with Crippen molar-refractivity contribution in [2.45, 2.75) is 13.5 Å². The summed E-state index contributed by atoms with van der Waals surface area (Å²) in [5, 5.41) is 0.741. The number of H-pyrrole nitrogens is 1. The first-order valence-corrected chi connectivity index (χ1v) is 8.91. The van der Waals surface area contributed by atoms with E-state index >= 15 is 0 Å². The number of fused-ring (bicyclic) bond motifs is 1. The second-order valence-electron chi connectivity index (χ2n) is 6.43. The van der Waals surface area contributed by atoms with E-state index in [0.29, 0.717) is 35.1 Å². The van der Waals surface area contributed by atoms with Crippen molar-refractivity contribution in [2.24, 2.45) is 0 Å². The van der Waals surface area contributed by atoms with Gasteiger partial charge < -0.3 is 18.9 Å². The lowest BCUT2D eigenvalue weighted by Crippen LogP contribution is -2.28. The first kappa shape index (κ1) is 18.4. The van der Waals surface area contributed by atoms with E-state index in [1.165, 1.54) is 13.1 Å². The quantitative estimate of drug-likeness (QED) is 0.524. The molecule has 0 saturated carbocycles. The molecule has 8 heteroatoms. The van der Waals surface area contributed by atoms with Crippen LogP contribution in [0.1, 0.15) is 12.5 Å². The van der Waals surface area contributed by atoms with E-state index in [0.717, 1.165) is 15.6 Å². The van der Waals surface area contributed by atoms with Gasteiger partial charge in [0.15, 0.2) is 5.76 Å². The van der Waals surface area contributed by atoms with Gasteiger partial charge in [0.1, 0.15) is 29.4 Å². The molecule has 2 aromatic heterocycles. The second kappa shape index (κ2) is 7.59. The molecule has 4 aromatic rings. The van der Waals surface area contributed by atoms with Crippen LogP contribution in [0.25, 0.3) is 22.4 Å². The highest BCUT2D eigenvalue weighted by atomic mass is 16.5. The van der Waals surface area contributed by atoms with Gasteiger partial charge in [-0.15, -0.1) is 0 Å². The summed E-state index contributed by atoms with van der Waals surface area (Å²) in [6, 6.07) is 15.1. The lowest BCUT2D eigenvalue weighted by molar-refractivity contribution is -0.115. The Hall–Kier alpha value is -3.94. The fourth-order valence-corrected chi connectivity index (χ4v) is 2.96. The molecule has 29 heavy (non-hydrogen) atoms.